The fraction of sp³-hybridized carbons (Fsp3) is 0.750. The minimum atomic E-state index is -1.05. The van der Waals surface area contributed by atoms with Crippen LogP contribution in [0, 0.1) is 0 Å². The van der Waals surface area contributed by atoms with Crippen molar-refractivity contribution in [2.75, 3.05) is 45.0 Å². The highest BCUT2D eigenvalue weighted by Gasteiger charge is 2.37. The number of carbonyl (C=O) groups excluding carboxylic acids is 2. The molecule has 1 aliphatic rings. The number of esters is 1. The van der Waals surface area contributed by atoms with E-state index in [1.807, 2.05) is 0 Å². The first-order chi connectivity index (χ1) is 10.0. The van der Waals surface area contributed by atoms with Crippen molar-refractivity contribution in [1.82, 2.24) is 9.80 Å². The number of carboxylic acids is 1. The molecule has 1 unspecified atom stereocenters. The van der Waals surface area contributed by atoms with Crippen LogP contribution in [0.15, 0.2) is 0 Å². The Hall–Kier alpha value is -1.48. The Morgan fingerprint density at radius 2 is 2.14 bits per heavy atom. The van der Waals surface area contributed by atoms with E-state index >= 15 is 0 Å². The van der Waals surface area contributed by atoms with Crippen molar-refractivity contribution < 1.29 is 29.0 Å². The smallest absolute Gasteiger partial charge is 0.327 e. The molecular formula is C12H20N2O6S. The van der Waals surface area contributed by atoms with Gasteiger partial charge in [-0.25, -0.2) is 9.59 Å². The maximum atomic E-state index is 12.4. The molecule has 21 heavy (non-hydrogen) atoms. The number of ether oxygens (including phenoxy) is 2. The summed E-state index contributed by atoms with van der Waals surface area (Å²) in [5.41, 5.74) is 0. The molecule has 0 spiro atoms. The third-order valence-electron chi connectivity index (χ3n) is 2.87. The number of urea groups is 1. The quantitative estimate of drug-likeness (QED) is 0.663. The summed E-state index contributed by atoms with van der Waals surface area (Å²) in [7, 11) is 1.48. The molecule has 1 N–H and O–H groups in total. The highest BCUT2D eigenvalue weighted by Crippen LogP contribution is 2.22. The minimum Gasteiger partial charge on any atom is -0.480 e. The van der Waals surface area contributed by atoms with Gasteiger partial charge in [0.1, 0.15) is 12.6 Å². The Kier molecular flexibility index (Phi) is 7.30. The summed E-state index contributed by atoms with van der Waals surface area (Å²) in [5.74, 6) is -0.933. The first-order valence-electron chi connectivity index (χ1n) is 6.51. The number of amides is 2. The van der Waals surface area contributed by atoms with Crippen LogP contribution in [0.5, 0.6) is 0 Å². The van der Waals surface area contributed by atoms with Gasteiger partial charge in [-0.1, -0.05) is 0 Å². The Morgan fingerprint density at radius 1 is 1.43 bits per heavy atom. The molecule has 1 fully saturated rings. The molecule has 0 saturated carbocycles. The van der Waals surface area contributed by atoms with E-state index in [-0.39, 0.29) is 26.3 Å². The zero-order valence-electron chi connectivity index (χ0n) is 12.1. The number of rotatable bonds is 7. The van der Waals surface area contributed by atoms with Crippen LogP contribution in [-0.2, 0) is 19.1 Å². The predicted molar refractivity (Wildman–Crippen MR) is 76.1 cm³/mol. The Bertz CT molecular complexity index is 392. The Balaban J connectivity index is 2.73. The van der Waals surface area contributed by atoms with Gasteiger partial charge in [-0.05, 0) is 6.92 Å². The average molecular weight is 320 g/mol. The largest absolute Gasteiger partial charge is 0.480 e. The molecule has 0 radical (unpaired) electrons. The topological polar surface area (TPSA) is 96.4 Å². The third kappa shape index (κ3) is 5.09. The second-order valence-electron chi connectivity index (χ2n) is 4.33. The van der Waals surface area contributed by atoms with Crippen LogP contribution in [0.25, 0.3) is 0 Å². The SMILES string of the molecule is CCOC(=O)CN(CCOC)C(=O)N1CSCC1C(=O)O. The molecule has 0 aromatic carbocycles. The standard InChI is InChI=1S/C12H20N2O6S/c1-3-20-10(15)6-13(4-5-19-2)12(18)14-8-21-7-9(14)11(16)17/h9H,3-8H2,1-2H3,(H,16,17). The maximum absolute atomic E-state index is 12.4. The highest BCUT2D eigenvalue weighted by atomic mass is 32.2. The fourth-order valence-corrected chi connectivity index (χ4v) is 2.96. The van der Waals surface area contributed by atoms with Crippen molar-refractivity contribution in [2.45, 2.75) is 13.0 Å². The van der Waals surface area contributed by atoms with E-state index in [4.69, 9.17) is 14.6 Å². The normalized spacial score (nSPS) is 17.6. The summed E-state index contributed by atoms with van der Waals surface area (Å²) in [5, 5.41) is 9.11. The molecule has 9 heteroatoms. The molecule has 8 nitrogen and oxygen atoms in total. The molecule has 0 aromatic heterocycles. The van der Waals surface area contributed by atoms with Crippen LogP contribution in [0.2, 0.25) is 0 Å². The molecule has 1 saturated heterocycles. The van der Waals surface area contributed by atoms with Gasteiger partial charge in [0.15, 0.2) is 0 Å². The second kappa shape index (κ2) is 8.73. The number of thioether (sulfide) groups is 1. The van der Waals surface area contributed by atoms with Crippen LogP contribution in [0.3, 0.4) is 0 Å². The van der Waals surface area contributed by atoms with E-state index in [0.29, 0.717) is 11.6 Å². The molecule has 120 valence electrons. The molecular weight excluding hydrogens is 300 g/mol. The number of methoxy groups -OCH3 is 1. The molecule has 1 rings (SSSR count). The monoisotopic (exact) mass is 320 g/mol. The molecule has 2 amide bonds. The van der Waals surface area contributed by atoms with Gasteiger partial charge in [0.05, 0.1) is 19.1 Å². The first-order valence-corrected chi connectivity index (χ1v) is 7.67. The van der Waals surface area contributed by atoms with E-state index < -0.39 is 24.0 Å². The van der Waals surface area contributed by atoms with Crippen LogP contribution in [0.1, 0.15) is 6.92 Å². The second-order valence-corrected chi connectivity index (χ2v) is 5.33. The van der Waals surface area contributed by atoms with E-state index in [1.165, 1.54) is 28.7 Å². The van der Waals surface area contributed by atoms with E-state index in [2.05, 4.69) is 0 Å². The van der Waals surface area contributed by atoms with Gasteiger partial charge in [-0.3, -0.25) is 4.79 Å². The van der Waals surface area contributed by atoms with Gasteiger partial charge in [-0.15, -0.1) is 11.8 Å². The summed E-state index contributed by atoms with van der Waals surface area (Å²) in [4.78, 5) is 37.6. The highest BCUT2D eigenvalue weighted by molar-refractivity contribution is 7.99. The van der Waals surface area contributed by atoms with Gasteiger partial charge in [0.25, 0.3) is 0 Å². The number of nitrogens with zero attached hydrogens (tertiary/aromatic N) is 2. The molecule has 1 aliphatic heterocycles. The summed E-state index contributed by atoms with van der Waals surface area (Å²) < 4.78 is 9.74. The van der Waals surface area contributed by atoms with Gasteiger partial charge in [0, 0.05) is 19.4 Å². The average Bonchev–Trinajstić information content (AvgIpc) is 2.92. The maximum Gasteiger partial charge on any atom is 0.327 e. The van der Waals surface area contributed by atoms with Gasteiger partial charge >= 0.3 is 18.0 Å². The van der Waals surface area contributed by atoms with Crippen molar-refractivity contribution in [1.29, 1.82) is 0 Å². The Morgan fingerprint density at radius 3 is 2.71 bits per heavy atom. The lowest BCUT2D eigenvalue weighted by Crippen LogP contribution is -2.51. The summed E-state index contributed by atoms with van der Waals surface area (Å²) in [6.45, 7) is 2.13. The Labute approximate surface area is 127 Å². The summed E-state index contributed by atoms with van der Waals surface area (Å²) in [6, 6.07) is -1.35. The van der Waals surface area contributed by atoms with Gasteiger partial charge < -0.3 is 24.4 Å². The van der Waals surface area contributed by atoms with Crippen LogP contribution < -0.4 is 0 Å². The van der Waals surface area contributed by atoms with Crippen molar-refractivity contribution >= 4 is 29.7 Å². The lowest BCUT2D eigenvalue weighted by Gasteiger charge is -2.29. The molecule has 1 heterocycles. The van der Waals surface area contributed by atoms with Gasteiger partial charge in [-0.2, -0.15) is 0 Å². The first kappa shape index (κ1) is 17.6. The van der Waals surface area contributed by atoms with E-state index in [1.54, 1.807) is 6.92 Å². The van der Waals surface area contributed by atoms with Crippen LogP contribution in [0.4, 0.5) is 4.79 Å². The molecule has 1 atom stereocenters. The summed E-state index contributed by atoms with van der Waals surface area (Å²) in [6.07, 6.45) is 0. The zero-order chi connectivity index (χ0) is 15.8. The number of hydrogen-bond donors (Lipinski definition) is 1. The lowest BCUT2D eigenvalue weighted by molar-refractivity contribution is -0.144. The predicted octanol–water partition coefficient (Wildman–Crippen LogP) is 0.0774. The van der Waals surface area contributed by atoms with Crippen molar-refractivity contribution in [3.05, 3.63) is 0 Å². The fourth-order valence-electron chi connectivity index (χ4n) is 1.82. The van der Waals surface area contributed by atoms with Crippen LogP contribution in [-0.4, -0.2) is 84.0 Å². The van der Waals surface area contributed by atoms with Crippen molar-refractivity contribution in [3.8, 4) is 0 Å². The van der Waals surface area contributed by atoms with Crippen molar-refractivity contribution in [2.24, 2.45) is 0 Å². The number of carbonyl (C=O) groups is 3. The molecule has 0 bridgehead atoms. The molecule has 0 aromatic rings. The zero-order valence-corrected chi connectivity index (χ0v) is 12.9. The van der Waals surface area contributed by atoms with E-state index in [9.17, 15) is 14.4 Å². The number of carboxylic acid groups (broad SMARTS) is 1. The summed E-state index contributed by atoms with van der Waals surface area (Å²) >= 11 is 1.37. The van der Waals surface area contributed by atoms with E-state index in [0.717, 1.165) is 0 Å². The number of hydrogen-bond acceptors (Lipinski definition) is 6. The van der Waals surface area contributed by atoms with Crippen molar-refractivity contribution in [3.63, 3.8) is 0 Å². The lowest BCUT2D eigenvalue weighted by atomic mass is 10.3. The minimum absolute atomic E-state index is 0.196. The third-order valence-corrected chi connectivity index (χ3v) is 3.89. The number of aliphatic carboxylic acids is 1. The molecule has 0 aliphatic carbocycles. The van der Waals surface area contributed by atoms with Gasteiger partial charge in [0.2, 0.25) is 0 Å². The van der Waals surface area contributed by atoms with Crippen LogP contribution >= 0.6 is 11.8 Å².